The Morgan fingerprint density at radius 1 is 1.18 bits per heavy atom. The molecule has 3 rings (SSSR count). The molecular formula is C21H24F5N5O3. The summed E-state index contributed by atoms with van der Waals surface area (Å²) in [5, 5.41) is 15.4. The summed E-state index contributed by atoms with van der Waals surface area (Å²) in [6, 6.07) is -2.90. The van der Waals surface area contributed by atoms with Gasteiger partial charge in [0, 0.05) is 23.1 Å². The molecule has 1 aromatic carbocycles. The molecule has 8 nitrogen and oxygen atoms in total. The van der Waals surface area contributed by atoms with Crippen LogP contribution in [0.4, 0.5) is 38.4 Å². The van der Waals surface area contributed by atoms with E-state index in [2.05, 4.69) is 20.6 Å². The van der Waals surface area contributed by atoms with Crippen LogP contribution in [0.1, 0.15) is 38.1 Å². The van der Waals surface area contributed by atoms with Gasteiger partial charge in [0.15, 0.2) is 17.4 Å². The van der Waals surface area contributed by atoms with Gasteiger partial charge in [-0.15, -0.1) is 0 Å². The minimum atomic E-state index is -5.00. The van der Waals surface area contributed by atoms with Crippen LogP contribution in [-0.4, -0.2) is 39.9 Å². The Kier molecular flexibility index (Phi) is 8.74. The Morgan fingerprint density at radius 3 is 2.35 bits per heavy atom. The fourth-order valence-corrected chi connectivity index (χ4v) is 2.86. The number of carbonyl (C=O) groups is 1. The van der Waals surface area contributed by atoms with Crippen molar-refractivity contribution in [1.29, 1.82) is 0 Å². The Morgan fingerprint density at radius 2 is 1.79 bits per heavy atom. The van der Waals surface area contributed by atoms with Crippen LogP contribution in [0.25, 0.3) is 11.0 Å². The number of carbonyl (C=O) groups excluding carboxylic acids is 1. The van der Waals surface area contributed by atoms with Gasteiger partial charge in [-0.25, -0.2) is 23.5 Å². The number of aryl methyl sites for hydroxylation is 1. The van der Waals surface area contributed by atoms with Gasteiger partial charge in [-0.05, 0) is 19.9 Å². The molecule has 0 fully saturated rings. The highest BCUT2D eigenvalue weighted by atomic mass is 19.4. The highest BCUT2D eigenvalue weighted by Gasteiger charge is 2.45. The summed E-state index contributed by atoms with van der Waals surface area (Å²) in [6.45, 7) is 6.69. The van der Waals surface area contributed by atoms with Crippen molar-refractivity contribution >= 4 is 28.6 Å². The molecule has 2 atom stereocenters. The van der Waals surface area contributed by atoms with E-state index in [1.165, 1.54) is 6.92 Å². The smallest absolute Gasteiger partial charge is 0.416 e. The lowest BCUT2D eigenvalue weighted by Gasteiger charge is -2.20. The van der Waals surface area contributed by atoms with E-state index in [4.69, 9.17) is 9.52 Å². The quantitative estimate of drug-likeness (QED) is 0.361. The molecular weight excluding hydrogens is 465 g/mol. The van der Waals surface area contributed by atoms with Crippen LogP contribution in [0.3, 0.4) is 0 Å². The van der Waals surface area contributed by atoms with Gasteiger partial charge >= 0.3 is 12.2 Å². The molecule has 0 aliphatic carbocycles. The third-order valence-corrected chi connectivity index (χ3v) is 4.42. The predicted molar refractivity (Wildman–Crippen MR) is 115 cm³/mol. The first-order chi connectivity index (χ1) is 16.0. The largest absolute Gasteiger partial charge is 0.455 e. The first-order valence-corrected chi connectivity index (χ1v) is 10.2. The van der Waals surface area contributed by atoms with Gasteiger partial charge in [-0.2, -0.15) is 13.2 Å². The number of aliphatic hydroxyl groups is 1. The summed E-state index contributed by atoms with van der Waals surface area (Å²) >= 11 is 0. The molecule has 0 aliphatic rings. The standard InChI is InChI=1S/C19H18F5N5O3.C2H6/c1-8(7-30)27-17-25-5-11(6-26-17)28-18(31)29-16(19(22,23)24)14-9(2)12-3-10(20)4-13(21)15(12)32-14;1-2/h3-6,8,16,30H,7H2,1-2H3,(H,25,26,27)(H2,28,29,31);1-2H3. The van der Waals surface area contributed by atoms with Crippen LogP contribution in [0.15, 0.2) is 28.9 Å². The van der Waals surface area contributed by atoms with Crippen molar-refractivity contribution in [1.82, 2.24) is 15.3 Å². The molecule has 4 N–H and O–H groups in total. The van der Waals surface area contributed by atoms with Crippen molar-refractivity contribution in [3.63, 3.8) is 0 Å². The minimum Gasteiger partial charge on any atom is -0.455 e. The second kappa shape index (κ2) is 11.1. The van der Waals surface area contributed by atoms with Crippen LogP contribution in [0.2, 0.25) is 0 Å². The highest BCUT2D eigenvalue weighted by molar-refractivity contribution is 5.89. The SMILES string of the molecule is CC.Cc1c(C(NC(=O)Nc2cnc(NC(C)CO)nc2)C(F)(F)F)oc2c(F)cc(F)cc12. The molecule has 2 unspecified atom stereocenters. The fraction of sp³-hybridized carbons (Fsp3) is 0.381. The Hall–Kier alpha value is -3.48. The third-order valence-electron chi connectivity index (χ3n) is 4.42. The Labute approximate surface area is 191 Å². The van der Waals surface area contributed by atoms with E-state index in [0.717, 1.165) is 18.5 Å². The number of hydrogen-bond acceptors (Lipinski definition) is 6. The van der Waals surface area contributed by atoms with Gasteiger partial charge in [0.25, 0.3) is 0 Å². The van der Waals surface area contributed by atoms with Crippen molar-refractivity contribution in [3.05, 3.63) is 47.5 Å². The molecule has 0 radical (unpaired) electrons. The summed E-state index contributed by atoms with van der Waals surface area (Å²) in [6.07, 6.45) is -2.71. The zero-order valence-electron chi connectivity index (χ0n) is 18.7. The topological polar surface area (TPSA) is 112 Å². The third kappa shape index (κ3) is 6.31. The molecule has 186 valence electrons. The van der Waals surface area contributed by atoms with E-state index in [9.17, 15) is 26.7 Å². The number of aromatic nitrogens is 2. The molecule has 0 saturated carbocycles. The molecule has 0 aliphatic heterocycles. The van der Waals surface area contributed by atoms with Crippen LogP contribution in [0.5, 0.6) is 0 Å². The monoisotopic (exact) mass is 489 g/mol. The van der Waals surface area contributed by atoms with Crippen LogP contribution in [-0.2, 0) is 0 Å². The average Bonchev–Trinajstić information content (AvgIpc) is 3.10. The summed E-state index contributed by atoms with van der Waals surface area (Å²) < 4.78 is 73.5. The molecule has 0 saturated heterocycles. The van der Waals surface area contributed by atoms with Gasteiger partial charge < -0.3 is 25.5 Å². The van der Waals surface area contributed by atoms with Crippen LogP contribution >= 0.6 is 0 Å². The van der Waals surface area contributed by atoms with Crippen LogP contribution < -0.4 is 16.0 Å². The number of aliphatic hydroxyl groups excluding tert-OH is 1. The zero-order chi connectivity index (χ0) is 25.6. The summed E-state index contributed by atoms with van der Waals surface area (Å²) in [5.41, 5.74) is -0.734. The highest BCUT2D eigenvalue weighted by Crippen LogP contribution is 2.39. The average molecular weight is 489 g/mol. The number of alkyl halides is 3. The van der Waals surface area contributed by atoms with E-state index in [-0.39, 0.29) is 35.2 Å². The molecule has 2 aromatic heterocycles. The minimum absolute atomic E-state index is 0.0138. The van der Waals surface area contributed by atoms with Gasteiger partial charge in [0.1, 0.15) is 11.6 Å². The van der Waals surface area contributed by atoms with Gasteiger partial charge in [0.2, 0.25) is 5.95 Å². The number of urea groups is 1. The van der Waals surface area contributed by atoms with Crippen molar-refractivity contribution in [2.45, 2.75) is 46.0 Å². The van der Waals surface area contributed by atoms with Crippen molar-refractivity contribution in [2.24, 2.45) is 0 Å². The first-order valence-electron chi connectivity index (χ1n) is 10.2. The maximum absolute atomic E-state index is 13.9. The number of rotatable bonds is 6. The molecule has 13 heteroatoms. The lowest BCUT2D eigenvalue weighted by molar-refractivity contribution is -0.158. The van der Waals surface area contributed by atoms with Crippen molar-refractivity contribution in [3.8, 4) is 0 Å². The number of nitrogens with zero attached hydrogens (tertiary/aromatic N) is 2. The van der Waals surface area contributed by atoms with Crippen LogP contribution in [0, 0.1) is 18.6 Å². The molecule has 0 spiro atoms. The number of amides is 2. The van der Waals surface area contributed by atoms with Crippen molar-refractivity contribution < 1.29 is 36.3 Å². The van der Waals surface area contributed by atoms with Crippen molar-refractivity contribution in [2.75, 3.05) is 17.2 Å². The Bertz CT molecular complexity index is 1120. The number of nitrogens with one attached hydrogen (secondary N) is 3. The zero-order valence-corrected chi connectivity index (χ0v) is 18.7. The number of anilines is 2. The van der Waals surface area contributed by atoms with Gasteiger partial charge in [0.05, 0.1) is 24.7 Å². The fourth-order valence-electron chi connectivity index (χ4n) is 2.86. The molecule has 2 heterocycles. The Balaban J connectivity index is 0.00000199. The summed E-state index contributed by atoms with van der Waals surface area (Å²) in [4.78, 5) is 19.9. The van der Waals surface area contributed by atoms with Gasteiger partial charge in [-0.3, -0.25) is 0 Å². The molecule has 2 amide bonds. The molecule has 34 heavy (non-hydrogen) atoms. The van der Waals surface area contributed by atoms with E-state index in [1.807, 2.05) is 13.8 Å². The number of benzene rings is 1. The predicted octanol–water partition coefficient (Wildman–Crippen LogP) is 5.05. The number of fused-ring (bicyclic) bond motifs is 1. The number of halogens is 5. The number of furan rings is 1. The number of hydrogen-bond donors (Lipinski definition) is 4. The van der Waals surface area contributed by atoms with E-state index in [0.29, 0.717) is 6.07 Å². The summed E-state index contributed by atoms with van der Waals surface area (Å²) in [5.74, 6) is -2.79. The van der Waals surface area contributed by atoms with E-state index < -0.39 is 41.2 Å². The normalized spacial score (nSPS) is 13.0. The first kappa shape index (κ1) is 26.8. The summed E-state index contributed by atoms with van der Waals surface area (Å²) in [7, 11) is 0. The van der Waals surface area contributed by atoms with E-state index in [1.54, 1.807) is 12.2 Å². The second-order valence-corrected chi connectivity index (χ2v) is 6.95. The maximum atomic E-state index is 13.9. The lowest BCUT2D eigenvalue weighted by atomic mass is 10.1. The molecule has 3 aromatic rings. The van der Waals surface area contributed by atoms with E-state index >= 15 is 0 Å². The molecule has 0 bridgehead atoms. The second-order valence-electron chi connectivity index (χ2n) is 6.95. The lowest BCUT2D eigenvalue weighted by Crippen LogP contribution is -2.40. The van der Waals surface area contributed by atoms with Gasteiger partial charge in [-0.1, -0.05) is 13.8 Å². The maximum Gasteiger partial charge on any atom is 0.416 e.